The van der Waals surface area contributed by atoms with E-state index in [0.29, 0.717) is 32.7 Å². The van der Waals surface area contributed by atoms with Gasteiger partial charge in [-0.25, -0.2) is 8.42 Å². The molecule has 2 aromatic heterocycles. The van der Waals surface area contributed by atoms with Crippen molar-refractivity contribution in [1.82, 2.24) is 9.97 Å². The number of H-pyrrole nitrogens is 2. The van der Waals surface area contributed by atoms with E-state index in [9.17, 15) is 18.0 Å². The molecule has 0 aliphatic rings. The van der Waals surface area contributed by atoms with E-state index >= 15 is 0 Å². The lowest BCUT2D eigenvalue weighted by Crippen LogP contribution is -2.17. The summed E-state index contributed by atoms with van der Waals surface area (Å²) < 4.78 is 23.5. The van der Waals surface area contributed by atoms with Crippen LogP contribution in [0.1, 0.15) is 11.4 Å². The van der Waals surface area contributed by atoms with Crippen molar-refractivity contribution in [3.05, 3.63) is 72.8 Å². The van der Waals surface area contributed by atoms with E-state index in [-0.39, 0.29) is 21.3 Å². The van der Waals surface area contributed by atoms with Gasteiger partial charge < -0.3 is 9.97 Å². The Morgan fingerprint density at radius 3 is 2.19 bits per heavy atom. The van der Waals surface area contributed by atoms with Gasteiger partial charge in [-0.3, -0.25) is 9.59 Å². The number of sulfone groups is 1. The molecule has 0 aliphatic heterocycles. The Morgan fingerprint density at radius 2 is 1.63 bits per heavy atom. The highest BCUT2D eigenvalue weighted by Crippen LogP contribution is 2.22. The summed E-state index contributed by atoms with van der Waals surface area (Å²) in [6.45, 7) is 3.52. The van der Waals surface area contributed by atoms with Gasteiger partial charge in [-0.2, -0.15) is 0 Å². The van der Waals surface area contributed by atoms with Crippen LogP contribution in [0.15, 0.2) is 55.5 Å². The number of pyridine rings is 2. The Hall–Kier alpha value is -2.45. The van der Waals surface area contributed by atoms with Crippen LogP contribution in [0.4, 0.5) is 0 Å². The number of nitrogens with one attached hydrogen (secondary N) is 2. The summed E-state index contributed by atoms with van der Waals surface area (Å²) in [7, 11) is -3.28. The Labute approximate surface area is 164 Å². The van der Waals surface area contributed by atoms with Crippen LogP contribution in [0.5, 0.6) is 0 Å². The minimum absolute atomic E-state index is 0.205. The minimum atomic E-state index is -3.28. The van der Waals surface area contributed by atoms with Gasteiger partial charge in [0, 0.05) is 35.6 Å². The second kappa shape index (κ2) is 6.94. The van der Waals surface area contributed by atoms with E-state index in [2.05, 4.69) is 25.9 Å². The maximum atomic E-state index is 12.7. The van der Waals surface area contributed by atoms with E-state index in [4.69, 9.17) is 0 Å². The molecule has 0 atom stereocenters. The van der Waals surface area contributed by atoms with E-state index < -0.39 is 9.84 Å². The fraction of sp³-hybridized carbons (Fsp3) is 0.158. The van der Waals surface area contributed by atoms with E-state index in [1.165, 1.54) is 24.4 Å². The predicted octanol–water partition coefficient (Wildman–Crippen LogP) is 3.18. The van der Waals surface area contributed by atoms with Crippen LogP contribution in [0.2, 0.25) is 0 Å². The maximum Gasteiger partial charge on any atom is 0.204 e. The standard InChI is InChI=1S/C19H17BrN2O4S/c1-10-17(19(24)18(20)11(2)22-10)14-9-21-15(8-16(14)23)12-4-6-13(7-5-12)27(3,25)26/h4-9H,1-3H3,(H,21,23)(H,22,24). The third-order valence-corrected chi connectivity index (χ3v) is 6.36. The average molecular weight is 449 g/mol. The molecule has 0 radical (unpaired) electrons. The molecule has 0 amide bonds. The zero-order valence-electron chi connectivity index (χ0n) is 14.9. The number of aromatic amines is 2. The van der Waals surface area contributed by atoms with Gasteiger partial charge in [0.15, 0.2) is 15.3 Å². The number of rotatable bonds is 3. The van der Waals surface area contributed by atoms with Crippen LogP contribution in [0, 0.1) is 13.8 Å². The van der Waals surface area contributed by atoms with Gasteiger partial charge in [0.25, 0.3) is 0 Å². The summed E-state index contributed by atoms with van der Waals surface area (Å²) in [5, 5.41) is 0. The van der Waals surface area contributed by atoms with E-state index in [0.717, 1.165) is 6.26 Å². The molecule has 3 aromatic rings. The second-order valence-electron chi connectivity index (χ2n) is 6.31. The summed E-state index contributed by atoms with van der Waals surface area (Å²) in [5.74, 6) is 0. The van der Waals surface area contributed by atoms with Gasteiger partial charge in [0.1, 0.15) is 0 Å². The van der Waals surface area contributed by atoms with Gasteiger partial charge in [0.05, 0.1) is 20.5 Å². The minimum Gasteiger partial charge on any atom is -0.361 e. The first-order valence-electron chi connectivity index (χ1n) is 8.02. The lowest BCUT2D eigenvalue weighted by Gasteiger charge is -2.09. The fourth-order valence-electron chi connectivity index (χ4n) is 2.89. The topological polar surface area (TPSA) is 99.9 Å². The van der Waals surface area contributed by atoms with Crippen LogP contribution in [0.25, 0.3) is 22.4 Å². The van der Waals surface area contributed by atoms with Gasteiger partial charge in [-0.15, -0.1) is 0 Å². The zero-order valence-corrected chi connectivity index (χ0v) is 17.3. The second-order valence-corrected chi connectivity index (χ2v) is 9.12. The lowest BCUT2D eigenvalue weighted by molar-refractivity contribution is 0.602. The monoisotopic (exact) mass is 448 g/mol. The van der Waals surface area contributed by atoms with Crippen molar-refractivity contribution in [2.75, 3.05) is 6.26 Å². The number of hydrogen-bond donors (Lipinski definition) is 2. The molecule has 0 fully saturated rings. The molecular weight excluding hydrogens is 432 g/mol. The molecule has 1 aromatic carbocycles. The molecule has 27 heavy (non-hydrogen) atoms. The average Bonchev–Trinajstić information content (AvgIpc) is 2.60. The van der Waals surface area contributed by atoms with Crippen molar-refractivity contribution in [2.24, 2.45) is 0 Å². The summed E-state index contributed by atoms with van der Waals surface area (Å²) >= 11 is 3.25. The first-order chi connectivity index (χ1) is 12.6. The SMILES string of the molecule is Cc1[nH]c(C)c(-c2c[nH]c(-c3ccc(S(C)(=O)=O)cc3)cc2=O)c(=O)c1Br. The number of hydrogen-bond acceptors (Lipinski definition) is 4. The van der Waals surface area contributed by atoms with Crippen molar-refractivity contribution in [1.29, 1.82) is 0 Å². The molecule has 0 unspecified atom stereocenters. The quantitative estimate of drug-likeness (QED) is 0.642. The summed E-state index contributed by atoms with van der Waals surface area (Å²) in [5.41, 5.74) is 2.53. The molecule has 3 rings (SSSR count). The molecule has 0 saturated carbocycles. The predicted molar refractivity (Wildman–Crippen MR) is 109 cm³/mol. The van der Waals surface area contributed by atoms with Crippen LogP contribution in [-0.2, 0) is 9.84 Å². The van der Waals surface area contributed by atoms with E-state index in [1.807, 2.05) is 0 Å². The fourth-order valence-corrected chi connectivity index (χ4v) is 3.82. The lowest BCUT2D eigenvalue weighted by atomic mass is 10.0. The third-order valence-electron chi connectivity index (χ3n) is 4.28. The smallest absolute Gasteiger partial charge is 0.204 e. The van der Waals surface area contributed by atoms with Crippen molar-refractivity contribution in [3.63, 3.8) is 0 Å². The molecule has 0 bridgehead atoms. The molecule has 140 valence electrons. The Kier molecular flexibility index (Phi) is 4.96. The highest BCUT2D eigenvalue weighted by molar-refractivity contribution is 9.10. The first-order valence-corrected chi connectivity index (χ1v) is 10.7. The number of aromatic nitrogens is 2. The molecule has 0 spiro atoms. The Balaban J connectivity index is 2.10. The molecule has 2 heterocycles. The summed E-state index contributed by atoms with van der Waals surface area (Å²) in [4.78, 5) is 31.5. The van der Waals surface area contributed by atoms with Gasteiger partial charge >= 0.3 is 0 Å². The first kappa shape index (κ1) is 19.3. The van der Waals surface area contributed by atoms with Crippen LogP contribution < -0.4 is 10.9 Å². The number of aryl methyl sites for hydroxylation is 2. The molecule has 2 N–H and O–H groups in total. The molecule has 0 saturated heterocycles. The molecule has 6 nitrogen and oxygen atoms in total. The Morgan fingerprint density at radius 1 is 1.00 bits per heavy atom. The summed E-state index contributed by atoms with van der Waals surface area (Å²) in [6.07, 6.45) is 2.64. The van der Waals surface area contributed by atoms with E-state index in [1.54, 1.807) is 26.0 Å². The maximum absolute atomic E-state index is 12.7. The molecular formula is C19H17BrN2O4S. The van der Waals surface area contributed by atoms with Crippen LogP contribution in [-0.4, -0.2) is 24.6 Å². The Bertz CT molecular complexity index is 1260. The van der Waals surface area contributed by atoms with Crippen molar-refractivity contribution in [2.45, 2.75) is 18.7 Å². The normalized spacial score (nSPS) is 11.6. The molecule has 8 heteroatoms. The van der Waals surface area contributed by atoms with Gasteiger partial charge in [0.2, 0.25) is 5.43 Å². The van der Waals surface area contributed by atoms with Crippen molar-refractivity contribution >= 4 is 25.8 Å². The van der Waals surface area contributed by atoms with Crippen LogP contribution in [0.3, 0.4) is 0 Å². The van der Waals surface area contributed by atoms with Gasteiger partial charge in [-0.05, 0) is 47.5 Å². The van der Waals surface area contributed by atoms with Crippen molar-refractivity contribution in [3.8, 4) is 22.4 Å². The number of benzene rings is 1. The third kappa shape index (κ3) is 3.68. The van der Waals surface area contributed by atoms with Gasteiger partial charge in [-0.1, -0.05) is 12.1 Å². The summed E-state index contributed by atoms with van der Waals surface area (Å²) in [6, 6.07) is 7.63. The highest BCUT2D eigenvalue weighted by atomic mass is 79.9. The van der Waals surface area contributed by atoms with Crippen molar-refractivity contribution < 1.29 is 8.42 Å². The highest BCUT2D eigenvalue weighted by Gasteiger charge is 2.16. The largest absolute Gasteiger partial charge is 0.361 e. The molecule has 0 aliphatic carbocycles. The zero-order chi connectivity index (χ0) is 19.9. The number of halogens is 1. The van der Waals surface area contributed by atoms with Crippen LogP contribution >= 0.6 is 15.9 Å².